The highest BCUT2D eigenvalue weighted by Crippen LogP contribution is 2.27. The molecule has 0 spiro atoms. The van der Waals surface area contributed by atoms with Gasteiger partial charge in [0.2, 0.25) is 0 Å². The maximum atomic E-state index is 12.1. The summed E-state index contributed by atoms with van der Waals surface area (Å²) in [4.78, 5) is 12.1. The van der Waals surface area contributed by atoms with Crippen LogP contribution in [0, 0.1) is 5.92 Å². The first-order valence-corrected chi connectivity index (χ1v) is 7.13. The van der Waals surface area contributed by atoms with E-state index < -0.39 is 5.97 Å². The number of oxime groups is 1. The van der Waals surface area contributed by atoms with Gasteiger partial charge in [-0.3, -0.25) is 0 Å². The van der Waals surface area contributed by atoms with Crippen LogP contribution in [0.1, 0.15) is 30.0 Å². The number of hydrogen-bond acceptors (Lipinski definition) is 5. The number of esters is 1. The Hall–Kier alpha value is -2.27. The summed E-state index contributed by atoms with van der Waals surface area (Å²) in [6.07, 6.45) is 1.18. The van der Waals surface area contributed by atoms with Crippen molar-refractivity contribution in [2.24, 2.45) is 11.1 Å². The zero-order valence-electron chi connectivity index (χ0n) is 12.2. The predicted molar refractivity (Wildman–Crippen MR) is 83.7 cm³/mol. The summed E-state index contributed by atoms with van der Waals surface area (Å²) in [5.41, 5.74) is 0.965. The largest absolute Gasteiger partial charge is 0.462 e. The highest BCUT2D eigenvalue weighted by Gasteiger charge is 2.15. The number of carbonyl (C=O) groups is 1. The number of hydrogen-bond donors (Lipinski definition) is 1. The van der Waals surface area contributed by atoms with E-state index in [2.05, 4.69) is 5.16 Å². The molecule has 5 nitrogen and oxygen atoms in total. The van der Waals surface area contributed by atoms with Crippen molar-refractivity contribution in [1.29, 1.82) is 0 Å². The first kappa shape index (κ1) is 16.1. The molecule has 0 unspecified atom stereocenters. The minimum absolute atomic E-state index is 0.247. The molecule has 0 radical (unpaired) electrons. The normalized spacial score (nSPS) is 11.3. The van der Waals surface area contributed by atoms with Crippen LogP contribution in [0.4, 0.5) is 0 Å². The maximum Gasteiger partial charge on any atom is 0.339 e. The van der Waals surface area contributed by atoms with E-state index in [-0.39, 0.29) is 11.5 Å². The molecule has 0 fully saturated rings. The van der Waals surface area contributed by atoms with E-state index in [0.29, 0.717) is 28.7 Å². The van der Waals surface area contributed by atoms with Gasteiger partial charge < -0.3 is 14.4 Å². The van der Waals surface area contributed by atoms with Gasteiger partial charge in [0, 0.05) is 5.56 Å². The molecule has 2 rings (SSSR count). The minimum Gasteiger partial charge on any atom is -0.462 e. The second-order valence-electron chi connectivity index (χ2n) is 5.13. The van der Waals surface area contributed by atoms with Crippen LogP contribution in [0.2, 0.25) is 5.02 Å². The molecule has 0 saturated heterocycles. The summed E-state index contributed by atoms with van der Waals surface area (Å²) in [5.74, 6) is 0.710. The standard InChI is InChI=1S/C16H16ClNO4/c1-10(2)9-21-16(19)13-7-11(3-5-14(13)17)15-6-4-12(22-15)8-18-20/h3-8,10,20H,9H2,1-2H3/b18-8+. The van der Waals surface area contributed by atoms with Gasteiger partial charge in [-0.1, -0.05) is 30.6 Å². The predicted octanol–water partition coefficient (Wildman–Crippen LogP) is 4.22. The molecule has 0 saturated carbocycles. The van der Waals surface area contributed by atoms with E-state index in [9.17, 15) is 4.79 Å². The number of rotatable bonds is 5. The highest BCUT2D eigenvalue weighted by molar-refractivity contribution is 6.33. The Labute approximate surface area is 133 Å². The van der Waals surface area contributed by atoms with Crippen molar-refractivity contribution in [3.8, 4) is 11.3 Å². The van der Waals surface area contributed by atoms with E-state index in [1.807, 2.05) is 13.8 Å². The number of carbonyl (C=O) groups excluding carboxylic acids is 1. The number of nitrogens with zero attached hydrogens (tertiary/aromatic N) is 1. The fourth-order valence-electron chi connectivity index (χ4n) is 1.79. The third-order valence-electron chi connectivity index (χ3n) is 2.83. The average molecular weight is 322 g/mol. The molecule has 22 heavy (non-hydrogen) atoms. The molecule has 0 aliphatic carbocycles. The van der Waals surface area contributed by atoms with Crippen LogP contribution in [0.25, 0.3) is 11.3 Å². The zero-order valence-corrected chi connectivity index (χ0v) is 13.0. The van der Waals surface area contributed by atoms with Crippen LogP contribution >= 0.6 is 11.6 Å². The van der Waals surface area contributed by atoms with E-state index in [1.54, 1.807) is 30.3 Å². The monoisotopic (exact) mass is 321 g/mol. The lowest BCUT2D eigenvalue weighted by Gasteiger charge is -2.09. The van der Waals surface area contributed by atoms with Gasteiger partial charge in [0.25, 0.3) is 0 Å². The number of ether oxygens (including phenoxy) is 1. The summed E-state index contributed by atoms with van der Waals surface area (Å²) in [6.45, 7) is 4.24. The Balaban J connectivity index is 2.27. The highest BCUT2D eigenvalue weighted by atomic mass is 35.5. The van der Waals surface area contributed by atoms with Gasteiger partial charge in [-0.2, -0.15) is 0 Å². The van der Waals surface area contributed by atoms with Crippen molar-refractivity contribution in [2.45, 2.75) is 13.8 Å². The van der Waals surface area contributed by atoms with Crippen LogP contribution in [0.3, 0.4) is 0 Å². The van der Waals surface area contributed by atoms with Crippen LogP contribution < -0.4 is 0 Å². The average Bonchev–Trinajstić information content (AvgIpc) is 2.94. The smallest absolute Gasteiger partial charge is 0.339 e. The molecule has 1 heterocycles. The van der Waals surface area contributed by atoms with Crippen LogP contribution in [0.5, 0.6) is 0 Å². The molecule has 0 aliphatic rings. The van der Waals surface area contributed by atoms with E-state index in [4.69, 9.17) is 26.0 Å². The molecule has 0 amide bonds. The third kappa shape index (κ3) is 3.89. The van der Waals surface area contributed by atoms with Crippen molar-refractivity contribution < 1.29 is 19.2 Å². The molecule has 0 bridgehead atoms. The van der Waals surface area contributed by atoms with E-state index in [1.165, 1.54) is 6.21 Å². The molecule has 1 aromatic carbocycles. The van der Waals surface area contributed by atoms with Gasteiger partial charge in [-0.05, 0) is 36.2 Å². The number of furan rings is 1. The Morgan fingerprint density at radius 1 is 1.41 bits per heavy atom. The van der Waals surface area contributed by atoms with Gasteiger partial charge in [0.05, 0.1) is 17.2 Å². The van der Waals surface area contributed by atoms with Gasteiger partial charge in [-0.25, -0.2) is 4.79 Å². The van der Waals surface area contributed by atoms with E-state index >= 15 is 0 Å². The van der Waals surface area contributed by atoms with Gasteiger partial charge in [0.15, 0.2) is 0 Å². The van der Waals surface area contributed by atoms with Crippen molar-refractivity contribution in [3.63, 3.8) is 0 Å². The fraction of sp³-hybridized carbons (Fsp3) is 0.250. The molecular weight excluding hydrogens is 306 g/mol. The first-order valence-electron chi connectivity index (χ1n) is 6.75. The van der Waals surface area contributed by atoms with Gasteiger partial charge in [-0.15, -0.1) is 0 Å². The van der Waals surface area contributed by atoms with E-state index in [0.717, 1.165) is 0 Å². The van der Waals surface area contributed by atoms with Crippen LogP contribution in [0.15, 0.2) is 39.9 Å². The van der Waals surface area contributed by atoms with Crippen molar-refractivity contribution >= 4 is 23.8 Å². The SMILES string of the molecule is CC(C)COC(=O)c1cc(-c2ccc(/C=N/O)o2)ccc1Cl. The first-order chi connectivity index (χ1) is 10.5. The maximum absolute atomic E-state index is 12.1. The molecule has 1 aromatic heterocycles. The second-order valence-corrected chi connectivity index (χ2v) is 5.54. The summed E-state index contributed by atoms with van der Waals surface area (Å²) >= 11 is 6.06. The van der Waals surface area contributed by atoms with Crippen LogP contribution in [-0.2, 0) is 4.74 Å². The lowest BCUT2D eigenvalue weighted by molar-refractivity contribution is 0.0459. The topological polar surface area (TPSA) is 72.0 Å². The molecule has 0 aliphatic heterocycles. The number of halogens is 1. The van der Waals surface area contributed by atoms with Crippen molar-refractivity contribution in [2.75, 3.05) is 6.61 Å². The fourth-order valence-corrected chi connectivity index (χ4v) is 1.98. The lowest BCUT2D eigenvalue weighted by atomic mass is 10.1. The van der Waals surface area contributed by atoms with Crippen molar-refractivity contribution in [3.05, 3.63) is 46.7 Å². The van der Waals surface area contributed by atoms with Crippen LogP contribution in [-0.4, -0.2) is 24.0 Å². The Bertz CT molecular complexity index is 691. The minimum atomic E-state index is -0.468. The van der Waals surface area contributed by atoms with Crippen molar-refractivity contribution in [1.82, 2.24) is 0 Å². The zero-order chi connectivity index (χ0) is 16.1. The molecule has 2 aromatic rings. The lowest BCUT2D eigenvalue weighted by Crippen LogP contribution is -2.10. The molecule has 6 heteroatoms. The Kier molecular flexibility index (Phi) is 5.22. The number of benzene rings is 1. The quantitative estimate of drug-likeness (QED) is 0.387. The summed E-state index contributed by atoms with van der Waals surface area (Å²) < 4.78 is 10.7. The summed E-state index contributed by atoms with van der Waals surface area (Å²) in [6, 6.07) is 8.33. The second kappa shape index (κ2) is 7.13. The van der Waals surface area contributed by atoms with Gasteiger partial charge >= 0.3 is 5.97 Å². The molecule has 116 valence electrons. The Morgan fingerprint density at radius 3 is 2.86 bits per heavy atom. The Morgan fingerprint density at radius 2 is 2.18 bits per heavy atom. The van der Waals surface area contributed by atoms with Gasteiger partial charge in [0.1, 0.15) is 17.7 Å². The molecule has 1 N–H and O–H groups in total. The molecular formula is C16H16ClNO4. The summed E-state index contributed by atoms with van der Waals surface area (Å²) in [7, 11) is 0. The molecule has 0 atom stereocenters. The third-order valence-corrected chi connectivity index (χ3v) is 3.16. The summed E-state index contributed by atoms with van der Waals surface area (Å²) in [5, 5.41) is 11.7.